The first-order valence-electron chi connectivity index (χ1n) is 15.2. The number of aliphatic hydroxyl groups is 1. The number of benzene rings is 1. The van der Waals surface area contributed by atoms with Gasteiger partial charge in [0, 0.05) is 19.1 Å². The summed E-state index contributed by atoms with van der Waals surface area (Å²) in [4.78, 5) is 67.5. The number of hydrogen-bond acceptors (Lipinski definition) is 11. The van der Waals surface area contributed by atoms with Crippen molar-refractivity contribution < 1.29 is 53.3 Å². The van der Waals surface area contributed by atoms with Gasteiger partial charge in [0.25, 0.3) is 5.91 Å². The fourth-order valence-electron chi connectivity index (χ4n) is 4.40. The van der Waals surface area contributed by atoms with E-state index in [1.807, 2.05) is 13.8 Å². The zero-order valence-corrected chi connectivity index (χ0v) is 27.6. The summed E-state index contributed by atoms with van der Waals surface area (Å²) in [6.07, 6.45) is 5.18. The predicted octanol–water partition coefficient (Wildman–Crippen LogP) is 2.64. The highest BCUT2D eigenvalue weighted by Gasteiger charge is 2.30. The maximum absolute atomic E-state index is 12.8. The number of nitrogens with one attached hydrogen (secondary N) is 3. The van der Waals surface area contributed by atoms with Crippen molar-refractivity contribution in [2.75, 3.05) is 27.4 Å². The SMILES string of the molecule is CCCCCC(C(=O)NCNC(=O)c1ccc(-c2ccc(C=O)c(OCC)c2)o1)C(CC)N(O)C=O.CNC(CC=O)C(=O)O.CO. The summed E-state index contributed by atoms with van der Waals surface area (Å²) in [5, 5.41) is 33.4. The van der Waals surface area contributed by atoms with E-state index >= 15 is 0 Å². The lowest BCUT2D eigenvalue weighted by molar-refractivity contribution is -0.168. The Hall–Kier alpha value is -4.60. The van der Waals surface area contributed by atoms with Crippen LogP contribution in [0.2, 0.25) is 0 Å². The van der Waals surface area contributed by atoms with E-state index in [9.17, 15) is 34.0 Å². The normalized spacial score (nSPS) is 12.0. The number of aliphatic hydroxyl groups excluding tert-OH is 1. The standard InChI is InChI=1S/C26H35N3O7.C5H9NO3.CH4O/c1-4-7-8-9-20(21(5-2)29(34)17-31)25(32)27-16-28-26(33)23-13-12-22(36-23)18-10-11-19(15-30)24(14-18)35-6-3;1-6-4(2-3-7)5(8)9;1-2/h10-15,17,20-21,34H,4-9,16H2,1-3H3,(H,27,32)(H,28,33);3-4,6H,2H2,1H3,(H,8,9);2H,1H3. The smallest absolute Gasteiger partial charge is 0.321 e. The number of nitrogens with zero attached hydrogens (tertiary/aromatic N) is 1. The van der Waals surface area contributed by atoms with Crippen LogP contribution in [-0.4, -0.2) is 96.8 Å². The van der Waals surface area contributed by atoms with Gasteiger partial charge < -0.3 is 40.1 Å². The van der Waals surface area contributed by atoms with Gasteiger partial charge in [0.2, 0.25) is 12.3 Å². The van der Waals surface area contributed by atoms with Crippen LogP contribution in [0.5, 0.6) is 5.75 Å². The lowest BCUT2D eigenvalue weighted by Gasteiger charge is -2.29. The number of likely N-dealkylation sites (N-methyl/N-ethyl adjacent to an activating group) is 1. The molecule has 1 heterocycles. The van der Waals surface area contributed by atoms with Crippen LogP contribution in [-0.2, 0) is 19.2 Å². The van der Waals surface area contributed by atoms with Crippen molar-refractivity contribution in [2.45, 2.75) is 71.4 Å². The molecule has 3 atom stereocenters. The third-order valence-electron chi connectivity index (χ3n) is 6.83. The van der Waals surface area contributed by atoms with Gasteiger partial charge in [-0.1, -0.05) is 39.2 Å². The Balaban J connectivity index is 0.00000165. The minimum absolute atomic E-state index is 0.0197. The van der Waals surface area contributed by atoms with E-state index in [-0.39, 0.29) is 24.8 Å². The fraction of sp³-hybridized carbons (Fsp3) is 0.500. The van der Waals surface area contributed by atoms with Gasteiger partial charge in [0.05, 0.1) is 30.8 Å². The summed E-state index contributed by atoms with van der Waals surface area (Å²) >= 11 is 0. The monoisotopic (exact) mass is 664 g/mol. The highest BCUT2D eigenvalue weighted by atomic mass is 16.5. The van der Waals surface area contributed by atoms with Crippen molar-refractivity contribution in [3.8, 4) is 17.1 Å². The maximum atomic E-state index is 12.8. The summed E-state index contributed by atoms with van der Waals surface area (Å²) < 4.78 is 11.1. The Labute approximate surface area is 274 Å². The molecule has 15 heteroatoms. The molecule has 0 saturated heterocycles. The van der Waals surface area contributed by atoms with Crippen molar-refractivity contribution in [3.63, 3.8) is 0 Å². The molecule has 3 unspecified atom stereocenters. The number of amides is 3. The van der Waals surface area contributed by atoms with Crippen LogP contribution in [0.3, 0.4) is 0 Å². The topological polar surface area (TPSA) is 225 Å². The summed E-state index contributed by atoms with van der Waals surface area (Å²) in [5.41, 5.74) is 1.05. The molecule has 0 aliphatic heterocycles. The molecule has 3 amide bonds. The van der Waals surface area contributed by atoms with Gasteiger partial charge in [0.1, 0.15) is 23.8 Å². The van der Waals surface area contributed by atoms with Crippen molar-refractivity contribution in [2.24, 2.45) is 5.92 Å². The number of carboxylic acids is 1. The number of hydroxylamine groups is 2. The van der Waals surface area contributed by atoms with Gasteiger partial charge in [-0.25, -0.2) is 5.06 Å². The Morgan fingerprint density at radius 2 is 1.72 bits per heavy atom. The van der Waals surface area contributed by atoms with E-state index in [1.165, 1.54) is 13.1 Å². The highest BCUT2D eigenvalue weighted by Crippen LogP contribution is 2.28. The number of unbranched alkanes of at least 4 members (excludes halogenated alkanes) is 2. The van der Waals surface area contributed by atoms with Gasteiger partial charge in [-0.05, 0) is 51.1 Å². The number of ether oxygens (including phenoxy) is 1. The van der Waals surface area contributed by atoms with Crippen molar-refractivity contribution in [3.05, 3.63) is 41.7 Å². The summed E-state index contributed by atoms with van der Waals surface area (Å²) in [6, 6.07) is 6.72. The number of hydrogen-bond donors (Lipinski definition) is 6. The quantitative estimate of drug-likeness (QED) is 0.0395. The van der Waals surface area contributed by atoms with Crippen LogP contribution in [0.1, 0.15) is 80.2 Å². The molecule has 2 aromatic rings. The molecule has 0 bridgehead atoms. The van der Waals surface area contributed by atoms with Crippen LogP contribution in [0, 0.1) is 5.92 Å². The van der Waals surface area contributed by atoms with Gasteiger partial charge in [-0.2, -0.15) is 0 Å². The predicted molar refractivity (Wildman–Crippen MR) is 172 cm³/mol. The molecule has 1 aromatic heterocycles. The number of furan rings is 1. The molecule has 0 aliphatic carbocycles. The van der Waals surface area contributed by atoms with Crippen LogP contribution in [0.15, 0.2) is 34.7 Å². The molecular formula is C32H48N4O11. The number of carbonyl (C=O) groups is 6. The molecule has 262 valence electrons. The molecule has 15 nitrogen and oxygen atoms in total. The van der Waals surface area contributed by atoms with Crippen molar-refractivity contribution in [1.29, 1.82) is 0 Å². The Kier molecular flexibility index (Phi) is 22.2. The third kappa shape index (κ3) is 14.6. The zero-order chi connectivity index (χ0) is 35.8. The van der Waals surface area contributed by atoms with E-state index in [4.69, 9.17) is 19.4 Å². The van der Waals surface area contributed by atoms with E-state index in [1.54, 1.807) is 31.2 Å². The number of aldehydes is 2. The zero-order valence-electron chi connectivity index (χ0n) is 27.6. The van der Waals surface area contributed by atoms with Gasteiger partial charge >= 0.3 is 5.97 Å². The van der Waals surface area contributed by atoms with E-state index < -0.39 is 29.9 Å². The van der Waals surface area contributed by atoms with Crippen LogP contribution >= 0.6 is 0 Å². The third-order valence-corrected chi connectivity index (χ3v) is 6.83. The first-order chi connectivity index (χ1) is 22.6. The Bertz CT molecular complexity index is 1250. The molecule has 0 spiro atoms. The average molecular weight is 665 g/mol. The summed E-state index contributed by atoms with van der Waals surface area (Å²) in [5.74, 6) is -1.61. The van der Waals surface area contributed by atoms with E-state index in [0.29, 0.717) is 66.1 Å². The van der Waals surface area contributed by atoms with Crippen molar-refractivity contribution in [1.82, 2.24) is 21.0 Å². The molecule has 0 aliphatic rings. The van der Waals surface area contributed by atoms with Crippen LogP contribution < -0.4 is 20.7 Å². The minimum atomic E-state index is -0.996. The molecular weight excluding hydrogens is 616 g/mol. The van der Waals surface area contributed by atoms with E-state index in [2.05, 4.69) is 16.0 Å². The molecule has 47 heavy (non-hydrogen) atoms. The number of carbonyl (C=O) groups excluding carboxylic acids is 5. The maximum Gasteiger partial charge on any atom is 0.321 e. The molecule has 1 aromatic carbocycles. The van der Waals surface area contributed by atoms with Gasteiger partial charge in [-0.3, -0.25) is 29.2 Å². The Morgan fingerprint density at radius 1 is 1.02 bits per heavy atom. The second-order valence-electron chi connectivity index (χ2n) is 9.84. The summed E-state index contributed by atoms with van der Waals surface area (Å²) in [7, 11) is 2.50. The van der Waals surface area contributed by atoms with E-state index in [0.717, 1.165) is 26.4 Å². The van der Waals surface area contributed by atoms with Crippen LogP contribution in [0.4, 0.5) is 0 Å². The fourth-order valence-corrected chi connectivity index (χ4v) is 4.40. The minimum Gasteiger partial charge on any atom is -0.493 e. The summed E-state index contributed by atoms with van der Waals surface area (Å²) in [6.45, 7) is 5.89. The largest absolute Gasteiger partial charge is 0.493 e. The molecule has 0 fully saturated rings. The lowest BCUT2D eigenvalue weighted by Crippen LogP contribution is -2.47. The lowest BCUT2D eigenvalue weighted by atomic mass is 9.90. The number of carboxylic acid groups (broad SMARTS) is 1. The van der Waals surface area contributed by atoms with Crippen LogP contribution in [0.25, 0.3) is 11.3 Å². The van der Waals surface area contributed by atoms with Gasteiger partial charge in [-0.15, -0.1) is 0 Å². The Morgan fingerprint density at radius 3 is 2.23 bits per heavy atom. The average Bonchev–Trinajstić information content (AvgIpc) is 3.58. The second-order valence-corrected chi connectivity index (χ2v) is 9.84. The highest BCUT2D eigenvalue weighted by molar-refractivity contribution is 5.92. The number of rotatable bonds is 20. The second kappa shape index (κ2) is 24.6. The first-order valence-corrected chi connectivity index (χ1v) is 15.2. The molecule has 0 radical (unpaired) electrons. The number of aliphatic carboxylic acids is 1. The molecule has 6 N–H and O–H groups in total. The first kappa shape index (κ1) is 42.4. The molecule has 2 rings (SSSR count). The molecule has 0 saturated carbocycles. The van der Waals surface area contributed by atoms with Gasteiger partial charge in [0.15, 0.2) is 12.0 Å². The van der Waals surface area contributed by atoms with Crippen molar-refractivity contribution >= 4 is 36.8 Å².